The molecule has 0 aliphatic carbocycles. The molecule has 2 rings (SSSR count). The van der Waals surface area contributed by atoms with Gasteiger partial charge in [0.05, 0.1) is 23.6 Å². The Kier molecular flexibility index (Phi) is 7.77. The number of carbonyl (C=O) groups excluding carboxylic acids is 2. The predicted molar refractivity (Wildman–Crippen MR) is 106 cm³/mol. The second-order valence-corrected chi connectivity index (χ2v) is 7.69. The van der Waals surface area contributed by atoms with Crippen molar-refractivity contribution in [3.8, 4) is 5.75 Å². The molecule has 1 fully saturated rings. The molecular weight excluding hydrogens is 457 g/mol. The highest BCUT2D eigenvalue weighted by Gasteiger charge is 2.23. The minimum atomic E-state index is -0.222. The van der Waals surface area contributed by atoms with E-state index in [4.69, 9.17) is 22.1 Å². The van der Waals surface area contributed by atoms with E-state index in [9.17, 15) is 9.59 Å². The first-order valence-electron chi connectivity index (χ1n) is 8.25. The van der Waals surface area contributed by atoms with Crippen LogP contribution in [0.3, 0.4) is 0 Å². The Labute approximate surface area is 166 Å². The summed E-state index contributed by atoms with van der Waals surface area (Å²) >= 11 is 8.20. The number of hydrogen-bond donors (Lipinski definition) is 2. The van der Waals surface area contributed by atoms with Gasteiger partial charge in [0, 0.05) is 16.7 Å². The van der Waals surface area contributed by atoms with Crippen LogP contribution in [0.1, 0.15) is 29.6 Å². The van der Waals surface area contributed by atoms with E-state index >= 15 is 0 Å². The van der Waals surface area contributed by atoms with E-state index in [1.807, 2.05) is 0 Å². The summed E-state index contributed by atoms with van der Waals surface area (Å²) in [6.07, 6.45) is 2.66. The van der Waals surface area contributed by atoms with Gasteiger partial charge >= 0.3 is 0 Å². The molecule has 0 aromatic heterocycles. The fraction of sp³-hybridized carbons (Fsp3) is 0.529. The zero-order chi connectivity index (χ0) is 18.4. The number of ether oxygens (including phenoxy) is 1. The van der Waals surface area contributed by atoms with E-state index in [1.54, 1.807) is 12.1 Å². The molecule has 1 saturated heterocycles. The van der Waals surface area contributed by atoms with Crippen LogP contribution >= 0.6 is 34.2 Å². The number of carbonyl (C=O) groups is 2. The van der Waals surface area contributed by atoms with Crippen molar-refractivity contribution in [1.82, 2.24) is 10.2 Å². The van der Waals surface area contributed by atoms with Gasteiger partial charge in [-0.3, -0.25) is 9.59 Å². The zero-order valence-corrected chi connectivity index (χ0v) is 17.1. The molecule has 0 spiro atoms. The molecule has 1 aromatic rings. The van der Waals surface area contributed by atoms with Crippen molar-refractivity contribution in [3.05, 3.63) is 26.3 Å². The van der Waals surface area contributed by atoms with Gasteiger partial charge in [-0.25, -0.2) is 0 Å². The number of likely N-dealkylation sites (tertiary alicyclic amines) is 1. The van der Waals surface area contributed by atoms with Crippen molar-refractivity contribution in [2.45, 2.75) is 19.3 Å². The van der Waals surface area contributed by atoms with Gasteiger partial charge in [-0.1, -0.05) is 11.6 Å². The Morgan fingerprint density at radius 1 is 1.48 bits per heavy atom. The Morgan fingerprint density at radius 2 is 2.24 bits per heavy atom. The summed E-state index contributed by atoms with van der Waals surface area (Å²) in [7, 11) is 1.53. The molecule has 6 nitrogen and oxygen atoms in total. The van der Waals surface area contributed by atoms with E-state index < -0.39 is 0 Å². The van der Waals surface area contributed by atoms with Gasteiger partial charge < -0.3 is 20.7 Å². The molecule has 2 amide bonds. The fourth-order valence-electron chi connectivity index (χ4n) is 2.97. The summed E-state index contributed by atoms with van der Waals surface area (Å²) in [4.78, 5) is 25.9. The number of benzene rings is 1. The quantitative estimate of drug-likeness (QED) is 0.464. The fourth-order valence-corrected chi connectivity index (χ4v) is 3.57. The Morgan fingerprint density at radius 3 is 2.92 bits per heavy atom. The molecule has 8 heteroatoms. The molecule has 1 unspecified atom stereocenters. The monoisotopic (exact) mass is 479 g/mol. The Balaban J connectivity index is 1.81. The third-order valence-electron chi connectivity index (χ3n) is 4.33. The number of piperidine rings is 1. The molecule has 1 heterocycles. The number of rotatable bonds is 7. The van der Waals surface area contributed by atoms with Gasteiger partial charge in [-0.2, -0.15) is 0 Å². The lowest BCUT2D eigenvalue weighted by Crippen LogP contribution is -2.42. The van der Waals surface area contributed by atoms with Crippen LogP contribution in [-0.2, 0) is 4.79 Å². The van der Waals surface area contributed by atoms with Crippen LogP contribution in [-0.4, -0.2) is 50.0 Å². The molecule has 1 aromatic carbocycles. The maximum Gasteiger partial charge on any atom is 0.255 e. The summed E-state index contributed by atoms with van der Waals surface area (Å²) in [6, 6.07) is 3.37. The van der Waals surface area contributed by atoms with Crippen molar-refractivity contribution in [2.24, 2.45) is 11.7 Å². The maximum atomic E-state index is 12.4. The minimum Gasteiger partial charge on any atom is -0.496 e. The smallest absolute Gasteiger partial charge is 0.255 e. The number of hydrogen-bond acceptors (Lipinski definition) is 4. The van der Waals surface area contributed by atoms with Gasteiger partial charge in [0.2, 0.25) is 5.91 Å². The van der Waals surface area contributed by atoms with Gasteiger partial charge in [0.25, 0.3) is 5.91 Å². The normalized spacial score (nSPS) is 18.0. The van der Waals surface area contributed by atoms with Crippen LogP contribution < -0.4 is 15.8 Å². The highest BCUT2D eigenvalue weighted by atomic mass is 127. The van der Waals surface area contributed by atoms with E-state index in [-0.39, 0.29) is 17.7 Å². The Bertz CT molecular complexity index is 642. The van der Waals surface area contributed by atoms with Crippen molar-refractivity contribution in [2.75, 3.05) is 33.3 Å². The molecule has 1 aliphatic heterocycles. The molecule has 0 saturated carbocycles. The van der Waals surface area contributed by atoms with Crippen LogP contribution in [0.15, 0.2) is 12.1 Å². The van der Waals surface area contributed by atoms with Gasteiger partial charge in [-0.05, 0) is 67.1 Å². The van der Waals surface area contributed by atoms with Crippen LogP contribution in [0, 0.1) is 9.49 Å². The Hall–Kier alpha value is -1.06. The van der Waals surface area contributed by atoms with Crippen molar-refractivity contribution < 1.29 is 14.3 Å². The zero-order valence-electron chi connectivity index (χ0n) is 14.2. The van der Waals surface area contributed by atoms with Crippen molar-refractivity contribution in [3.63, 3.8) is 0 Å². The number of primary amides is 1. The lowest BCUT2D eigenvalue weighted by Gasteiger charge is -2.31. The van der Waals surface area contributed by atoms with Crippen LogP contribution in [0.25, 0.3) is 0 Å². The molecule has 1 atom stereocenters. The second-order valence-electron chi connectivity index (χ2n) is 6.12. The van der Waals surface area contributed by atoms with Crippen LogP contribution in [0.5, 0.6) is 5.75 Å². The predicted octanol–water partition coefficient (Wildman–Crippen LogP) is 2.27. The molecule has 1 aliphatic rings. The number of nitrogens with one attached hydrogen (secondary N) is 1. The SMILES string of the molecule is COc1cc(I)c(Cl)cc1C(=O)NCCCN1CCCC(C(N)=O)C1. The van der Waals surface area contributed by atoms with Crippen LogP contribution in [0.4, 0.5) is 0 Å². The van der Waals surface area contributed by atoms with Gasteiger partial charge in [-0.15, -0.1) is 0 Å². The standard InChI is InChI=1S/C17H23ClIN3O3/c1-25-15-9-14(19)13(18)8-12(15)17(24)21-5-3-7-22-6-2-4-11(10-22)16(20)23/h8-9,11H,2-7,10H2,1H3,(H2,20,23)(H,21,24). The molecular formula is C17H23ClIN3O3. The van der Waals surface area contributed by atoms with E-state index in [2.05, 4.69) is 32.8 Å². The lowest BCUT2D eigenvalue weighted by molar-refractivity contribution is -0.123. The molecule has 0 bridgehead atoms. The van der Waals surface area contributed by atoms with Crippen molar-refractivity contribution in [1.29, 1.82) is 0 Å². The summed E-state index contributed by atoms with van der Waals surface area (Å²) in [5, 5.41) is 3.42. The third-order valence-corrected chi connectivity index (χ3v) is 5.86. The number of nitrogens with two attached hydrogens (primary N) is 1. The molecule has 138 valence electrons. The number of nitrogens with zero attached hydrogens (tertiary/aromatic N) is 1. The second kappa shape index (κ2) is 9.59. The van der Waals surface area contributed by atoms with Crippen LogP contribution in [0.2, 0.25) is 5.02 Å². The molecule has 3 N–H and O–H groups in total. The lowest BCUT2D eigenvalue weighted by atomic mass is 9.97. The minimum absolute atomic E-state index is 0.0541. The first-order chi connectivity index (χ1) is 11.9. The summed E-state index contributed by atoms with van der Waals surface area (Å²) < 4.78 is 6.10. The van der Waals surface area contributed by atoms with E-state index in [0.717, 1.165) is 35.9 Å². The van der Waals surface area contributed by atoms with Gasteiger partial charge in [0.1, 0.15) is 5.75 Å². The highest BCUT2D eigenvalue weighted by molar-refractivity contribution is 14.1. The first kappa shape index (κ1) is 20.3. The number of amides is 2. The maximum absolute atomic E-state index is 12.4. The number of halogens is 2. The summed E-state index contributed by atoms with van der Waals surface area (Å²) in [5.41, 5.74) is 5.82. The third kappa shape index (κ3) is 5.72. The topological polar surface area (TPSA) is 84.7 Å². The average Bonchev–Trinajstić information content (AvgIpc) is 2.60. The van der Waals surface area contributed by atoms with E-state index in [1.165, 1.54) is 7.11 Å². The first-order valence-corrected chi connectivity index (χ1v) is 9.71. The largest absolute Gasteiger partial charge is 0.496 e. The summed E-state index contributed by atoms with van der Waals surface area (Å²) in [5.74, 6) is 0.0256. The van der Waals surface area contributed by atoms with Crippen molar-refractivity contribution >= 4 is 46.0 Å². The molecule has 0 radical (unpaired) electrons. The van der Waals surface area contributed by atoms with E-state index in [0.29, 0.717) is 29.4 Å². The highest BCUT2D eigenvalue weighted by Crippen LogP contribution is 2.28. The average molecular weight is 480 g/mol. The summed E-state index contributed by atoms with van der Waals surface area (Å²) in [6.45, 7) is 3.06. The number of methoxy groups -OCH3 is 1. The van der Waals surface area contributed by atoms with Gasteiger partial charge in [0.15, 0.2) is 0 Å². The molecule has 25 heavy (non-hydrogen) atoms.